The molecule has 3 nitrogen and oxygen atoms in total. The van der Waals surface area contributed by atoms with E-state index in [2.05, 4.69) is 24.1 Å². The van der Waals surface area contributed by atoms with Crippen molar-refractivity contribution in [1.82, 2.24) is 10.2 Å². The van der Waals surface area contributed by atoms with Crippen molar-refractivity contribution >= 4 is 0 Å². The molecule has 1 unspecified atom stereocenters. The van der Waals surface area contributed by atoms with Crippen molar-refractivity contribution in [3.63, 3.8) is 0 Å². The van der Waals surface area contributed by atoms with Crippen molar-refractivity contribution in [2.75, 3.05) is 26.2 Å². The third-order valence-corrected chi connectivity index (χ3v) is 3.44. The molecular formula is C14H30N2O. The smallest absolute Gasteiger partial charge is 0.0512 e. The molecule has 0 aliphatic carbocycles. The molecule has 0 saturated carbocycles. The van der Waals surface area contributed by atoms with E-state index in [0.717, 1.165) is 25.3 Å². The van der Waals surface area contributed by atoms with Crippen LogP contribution in [0.15, 0.2) is 0 Å². The van der Waals surface area contributed by atoms with Crippen LogP contribution < -0.4 is 5.32 Å². The molecule has 0 spiro atoms. The minimum atomic E-state index is -0.148. The summed E-state index contributed by atoms with van der Waals surface area (Å²) >= 11 is 0. The second kappa shape index (κ2) is 8.06. The number of hydrogen-bond acceptors (Lipinski definition) is 3. The van der Waals surface area contributed by atoms with Gasteiger partial charge in [-0.25, -0.2) is 0 Å². The van der Waals surface area contributed by atoms with Crippen molar-refractivity contribution in [2.45, 2.75) is 58.6 Å². The molecule has 1 atom stereocenters. The average Bonchev–Trinajstić information content (AvgIpc) is 2.25. The highest BCUT2D eigenvalue weighted by atomic mass is 16.3. The second-order valence-electron chi connectivity index (χ2n) is 5.91. The Morgan fingerprint density at radius 2 is 1.88 bits per heavy atom. The predicted molar refractivity (Wildman–Crippen MR) is 73.2 cm³/mol. The highest BCUT2D eigenvalue weighted by Gasteiger charge is 2.18. The lowest BCUT2D eigenvalue weighted by Gasteiger charge is -2.33. The molecule has 0 aromatic rings. The van der Waals surface area contributed by atoms with Crippen LogP contribution in [0.2, 0.25) is 0 Å². The monoisotopic (exact) mass is 242 g/mol. The second-order valence-corrected chi connectivity index (χ2v) is 5.91. The maximum absolute atomic E-state index is 9.17. The largest absolute Gasteiger partial charge is 0.393 e. The van der Waals surface area contributed by atoms with Crippen LogP contribution in [0.1, 0.15) is 46.5 Å². The molecular weight excluding hydrogens is 212 g/mol. The van der Waals surface area contributed by atoms with Crippen molar-refractivity contribution < 1.29 is 5.11 Å². The van der Waals surface area contributed by atoms with E-state index in [1.165, 1.54) is 32.5 Å². The molecule has 2 N–H and O–H groups in total. The van der Waals surface area contributed by atoms with Gasteiger partial charge < -0.3 is 15.3 Å². The molecule has 1 aliphatic heterocycles. The summed E-state index contributed by atoms with van der Waals surface area (Å²) in [5.41, 5.74) is 0. The highest BCUT2D eigenvalue weighted by molar-refractivity contribution is 4.77. The molecule has 1 saturated heterocycles. The summed E-state index contributed by atoms with van der Waals surface area (Å²) in [6.07, 6.45) is 4.41. The Hall–Kier alpha value is -0.120. The van der Waals surface area contributed by atoms with Gasteiger partial charge in [0.2, 0.25) is 0 Å². The van der Waals surface area contributed by atoms with Crippen LogP contribution in [0.5, 0.6) is 0 Å². The van der Waals surface area contributed by atoms with Gasteiger partial charge in [-0.15, -0.1) is 0 Å². The number of piperidine rings is 1. The fourth-order valence-electron chi connectivity index (χ4n) is 2.54. The first-order chi connectivity index (χ1) is 8.08. The van der Waals surface area contributed by atoms with E-state index in [4.69, 9.17) is 0 Å². The van der Waals surface area contributed by atoms with E-state index in [1.807, 2.05) is 6.92 Å². The van der Waals surface area contributed by atoms with Crippen molar-refractivity contribution in [3.8, 4) is 0 Å². The zero-order valence-corrected chi connectivity index (χ0v) is 11.8. The van der Waals surface area contributed by atoms with E-state index in [9.17, 15) is 5.11 Å². The van der Waals surface area contributed by atoms with Crippen LogP contribution in [-0.4, -0.2) is 48.3 Å². The SMILES string of the molecule is CC(C)CN1CCC(NCCCC(C)O)CC1. The van der Waals surface area contributed by atoms with Gasteiger partial charge in [0.05, 0.1) is 6.10 Å². The Morgan fingerprint density at radius 1 is 1.24 bits per heavy atom. The molecule has 17 heavy (non-hydrogen) atoms. The summed E-state index contributed by atoms with van der Waals surface area (Å²) in [4.78, 5) is 2.58. The zero-order chi connectivity index (χ0) is 12.7. The fourth-order valence-corrected chi connectivity index (χ4v) is 2.54. The Balaban J connectivity index is 2.03. The first-order valence-corrected chi connectivity index (χ1v) is 7.21. The molecule has 1 rings (SSSR count). The third kappa shape index (κ3) is 7.02. The normalized spacial score (nSPS) is 21.0. The number of nitrogens with one attached hydrogen (secondary N) is 1. The number of nitrogens with zero attached hydrogens (tertiary/aromatic N) is 1. The van der Waals surface area contributed by atoms with Gasteiger partial charge in [0, 0.05) is 12.6 Å². The van der Waals surface area contributed by atoms with E-state index in [0.29, 0.717) is 6.04 Å². The van der Waals surface area contributed by atoms with Gasteiger partial charge in [-0.2, -0.15) is 0 Å². The summed E-state index contributed by atoms with van der Waals surface area (Å²) in [6, 6.07) is 0.701. The lowest BCUT2D eigenvalue weighted by molar-refractivity contribution is 0.171. The molecule has 1 aliphatic rings. The highest BCUT2D eigenvalue weighted by Crippen LogP contribution is 2.12. The van der Waals surface area contributed by atoms with Gasteiger partial charge in [0.15, 0.2) is 0 Å². The van der Waals surface area contributed by atoms with Crippen LogP contribution in [-0.2, 0) is 0 Å². The Labute approximate surface area is 107 Å². The number of hydrogen-bond donors (Lipinski definition) is 2. The van der Waals surface area contributed by atoms with E-state index >= 15 is 0 Å². The summed E-state index contributed by atoms with van der Waals surface area (Å²) in [7, 11) is 0. The van der Waals surface area contributed by atoms with Crippen molar-refractivity contribution in [3.05, 3.63) is 0 Å². The number of rotatable bonds is 7. The molecule has 0 amide bonds. The Kier molecular flexibility index (Phi) is 7.09. The summed E-state index contributed by atoms with van der Waals surface area (Å²) in [5, 5.41) is 12.8. The molecule has 102 valence electrons. The standard InChI is InChI=1S/C14H30N2O/c1-12(2)11-16-9-6-14(7-10-16)15-8-4-5-13(3)17/h12-15,17H,4-11H2,1-3H3. The fraction of sp³-hybridized carbons (Fsp3) is 1.00. The van der Waals surface area contributed by atoms with Crippen molar-refractivity contribution in [1.29, 1.82) is 0 Å². The van der Waals surface area contributed by atoms with Gasteiger partial charge >= 0.3 is 0 Å². The maximum atomic E-state index is 9.17. The van der Waals surface area contributed by atoms with Crippen LogP contribution in [0.25, 0.3) is 0 Å². The molecule has 1 fully saturated rings. The minimum absolute atomic E-state index is 0.148. The molecule has 0 aromatic carbocycles. The topological polar surface area (TPSA) is 35.5 Å². The zero-order valence-electron chi connectivity index (χ0n) is 11.8. The quantitative estimate of drug-likeness (QED) is 0.669. The first kappa shape index (κ1) is 14.9. The third-order valence-electron chi connectivity index (χ3n) is 3.44. The predicted octanol–water partition coefficient (Wildman–Crippen LogP) is 1.86. The van der Waals surface area contributed by atoms with Crippen LogP contribution in [0.4, 0.5) is 0 Å². The first-order valence-electron chi connectivity index (χ1n) is 7.21. The van der Waals surface area contributed by atoms with Crippen LogP contribution >= 0.6 is 0 Å². The molecule has 1 heterocycles. The van der Waals surface area contributed by atoms with E-state index < -0.39 is 0 Å². The van der Waals surface area contributed by atoms with Crippen molar-refractivity contribution in [2.24, 2.45) is 5.92 Å². The van der Waals surface area contributed by atoms with Gasteiger partial charge in [-0.1, -0.05) is 13.8 Å². The van der Waals surface area contributed by atoms with Crippen LogP contribution in [0.3, 0.4) is 0 Å². The van der Waals surface area contributed by atoms with E-state index in [1.54, 1.807) is 0 Å². The molecule has 0 aromatic heterocycles. The van der Waals surface area contributed by atoms with Gasteiger partial charge in [-0.3, -0.25) is 0 Å². The molecule has 0 radical (unpaired) electrons. The number of aliphatic hydroxyl groups excluding tert-OH is 1. The molecule has 0 bridgehead atoms. The Bertz CT molecular complexity index is 184. The summed E-state index contributed by atoms with van der Waals surface area (Å²) in [5.74, 6) is 0.783. The average molecular weight is 242 g/mol. The van der Waals surface area contributed by atoms with Gasteiger partial charge in [0.1, 0.15) is 0 Å². The lowest BCUT2D eigenvalue weighted by Crippen LogP contribution is -2.43. The lowest BCUT2D eigenvalue weighted by atomic mass is 10.0. The van der Waals surface area contributed by atoms with Gasteiger partial charge in [-0.05, 0) is 58.2 Å². The minimum Gasteiger partial charge on any atom is -0.393 e. The maximum Gasteiger partial charge on any atom is 0.0512 e. The molecule has 3 heteroatoms. The number of aliphatic hydroxyl groups is 1. The number of likely N-dealkylation sites (tertiary alicyclic amines) is 1. The van der Waals surface area contributed by atoms with Crippen LogP contribution in [0, 0.1) is 5.92 Å². The van der Waals surface area contributed by atoms with E-state index in [-0.39, 0.29) is 6.10 Å². The Morgan fingerprint density at radius 3 is 2.41 bits per heavy atom. The summed E-state index contributed by atoms with van der Waals surface area (Å²) < 4.78 is 0. The van der Waals surface area contributed by atoms with Gasteiger partial charge in [0.25, 0.3) is 0 Å². The summed E-state index contributed by atoms with van der Waals surface area (Å²) in [6.45, 7) is 11.2.